The zero-order valence-electron chi connectivity index (χ0n) is 13.3. The number of benzene rings is 1. The van der Waals surface area contributed by atoms with Crippen LogP contribution in [0.3, 0.4) is 0 Å². The Bertz CT molecular complexity index is 402. The van der Waals surface area contributed by atoms with E-state index in [0.29, 0.717) is 19.8 Å². The van der Waals surface area contributed by atoms with Gasteiger partial charge in [0.1, 0.15) is 5.82 Å². The molecule has 0 fully saturated rings. The summed E-state index contributed by atoms with van der Waals surface area (Å²) in [6.45, 7) is 6.57. The van der Waals surface area contributed by atoms with Crippen LogP contribution in [0.25, 0.3) is 0 Å². The number of hydrogen-bond acceptors (Lipinski definition) is 4. The summed E-state index contributed by atoms with van der Waals surface area (Å²) >= 11 is 0. The summed E-state index contributed by atoms with van der Waals surface area (Å²) in [7, 11) is 3.39. The van der Waals surface area contributed by atoms with E-state index in [4.69, 9.17) is 9.47 Å². The van der Waals surface area contributed by atoms with Crippen molar-refractivity contribution in [1.82, 2.24) is 5.32 Å². The van der Waals surface area contributed by atoms with Gasteiger partial charge in [-0.25, -0.2) is 4.39 Å². The number of rotatable bonds is 11. The highest BCUT2D eigenvalue weighted by molar-refractivity contribution is 5.54. The van der Waals surface area contributed by atoms with Crippen molar-refractivity contribution in [2.45, 2.75) is 19.9 Å². The molecule has 0 saturated heterocycles. The smallest absolute Gasteiger partial charge is 0.123 e. The van der Waals surface area contributed by atoms with Gasteiger partial charge in [-0.15, -0.1) is 0 Å². The lowest BCUT2D eigenvalue weighted by atomic mass is 10.1. The predicted octanol–water partition coefficient (Wildman–Crippen LogP) is 2.42. The summed E-state index contributed by atoms with van der Waals surface area (Å²) in [5.74, 6) is -0.199. The van der Waals surface area contributed by atoms with E-state index in [1.165, 1.54) is 6.07 Å². The second kappa shape index (κ2) is 10.5. The maximum Gasteiger partial charge on any atom is 0.123 e. The van der Waals surface area contributed by atoms with Gasteiger partial charge in [0.05, 0.1) is 6.61 Å². The van der Waals surface area contributed by atoms with Gasteiger partial charge in [0.2, 0.25) is 0 Å². The first kappa shape index (κ1) is 17.9. The molecule has 0 saturated carbocycles. The molecule has 1 aromatic rings. The van der Waals surface area contributed by atoms with Crippen LogP contribution in [0.5, 0.6) is 0 Å². The van der Waals surface area contributed by atoms with Gasteiger partial charge in [0, 0.05) is 46.1 Å². The van der Waals surface area contributed by atoms with Gasteiger partial charge in [-0.1, -0.05) is 6.92 Å². The molecule has 1 aromatic carbocycles. The number of ether oxygens (including phenoxy) is 2. The Morgan fingerprint density at radius 3 is 2.57 bits per heavy atom. The number of hydrogen-bond donors (Lipinski definition) is 1. The first-order valence-corrected chi connectivity index (χ1v) is 7.44. The fourth-order valence-electron chi connectivity index (χ4n) is 2.22. The van der Waals surface area contributed by atoms with Crippen LogP contribution in [0.4, 0.5) is 10.1 Å². The summed E-state index contributed by atoms with van der Waals surface area (Å²) < 4.78 is 23.8. The van der Waals surface area contributed by atoms with Crippen LogP contribution in [0.15, 0.2) is 18.2 Å². The van der Waals surface area contributed by atoms with E-state index >= 15 is 0 Å². The molecular formula is C16H27FN2O2. The number of methoxy groups -OCH3 is 2. The Hall–Kier alpha value is -1.17. The van der Waals surface area contributed by atoms with Crippen molar-refractivity contribution in [3.63, 3.8) is 0 Å². The molecule has 21 heavy (non-hydrogen) atoms. The van der Waals surface area contributed by atoms with Gasteiger partial charge >= 0.3 is 0 Å². The minimum atomic E-state index is -0.199. The average Bonchev–Trinajstić information content (AvgIpc) is 2.49. The molecule has 4 nitrogen and oxygen atoms in total. The fourth-order valence-corrected chi connectivity index (χ4v) is 2.22. The molecule has 120 valence electrons. The van der Waals surface area contributed by atoms with E-state index in [1.54, 1.807) is 20.3 Å². The Balaban J connectivity index is 2.86. The molecule has 0 unspecified atom stereocenters. The normalized spacial score (nSPS) is 10.9. The summed E-state index contributed by atoms with van der Waals surface area (Å²) in [5.41, 5.74) is 2.04. The molecule has 0 aliphatic rings. The third-order valence-electron chi connectivity index (χ3n) is 3.29. The van der Waals surface area contributed by atoms with Gasteiger partial charge in [-0.2, -0.15) is 0 Å². The number of nitrogens with zero attached hydrogens (tertiary/aromatic N) is 1. The van der Waals surface area contributed by atoms with Gasteiger partial charge in [0.25, 0.3) is 0 Å². The van der Waals surface area contributed by atoms with Gasteiger partial charge < -0.3 is 19.7 Å². The van der Waals surface area contributed by atoms with E-state index in [-0.39, 0.29) is 5.82 Å². The molecule has 0 amide bonds. The van der Waals surface area contributed by atoms with Crippen molar-refractivity contribution >= 4 is 5.69 Å². The zero-order chi connectivity index (χ0) is 15.5. The first-order chi connectivity index (χ1) is 10.2. The minimum absolute atomic E-state index is 0.199. The lowest BCUT2D eigenvalue weighted by Crippen LogP contribution is -2.30. The molecule has 1 N–H and O–H groups in total. The summed E-state index contributed by atoms with van der Waals surface area (Å²) in [6, 6.07) is 4.97. The van der Waals surface area contributed by atoms with Crippen molar-refractivity contribution < 1.29 is 13.9 Å². The Morgan fingerprint density at radius 1 is 1.14 bits per heavy atom. The zero-order valence-corrected chi connectivity index (χ0v) is 13.3. The molecule has 0 aromatic heterocycles. The third kappa shape index (κ3) is 6.42. The summed E-state index contributed by atoms with van der Waals surface area (Å²) in [6.07, 6.45) is 0.929. The largest absolute Gasteiger partial charge is 0.385 e. The van der Waals surface area contributed by atoms with Crippen molar-refractivity contribution in [1.29, 1.82) is 0 Å². The molecule has 0 aliphatic heterocycles. The molecule has 0 bridgehead atoms. The third-order valence-corrected chi connectivity index (χ3v) is 3.29. The first-order valence-electron chi connectivity index (χ1n) is 7.44. The second-order valence-corrected chi connectivity index (χ2v) is 4.88. The standard InChI is InChI=1S/C16H27FN2O2/c1-4-18-13-14-12-15(17)6-7-16(14)19(9-11-21-3)8-5-10-20-2/h6-7,12,18H,4-5,8-11,13H2,1-3H3. The van der Waals surface area contributed by atoms with Crippen molar-refractivity contribution in [2.75, 3.05) is 52.0 Å². The average molecular weight is 298 g/mol. The summed E-state index contributed by atoms with van der Waals surface area (Å²) in [4.78, 5) is 2.23. The van der Waals surface area contributed by atoms with Crippen LogP contribution in [0.1, 0.15) is 18.9 Å². The predicted molar refractivity (Wildman–Crippen MR) is 84.4 cm³/mol. The SMILES string of the molecule is CCNCc1cc(F)ccc1N(CCCOC)CCOC. The highest BCUT2D eigenvalue weighted by Crippen LogP contribution is 2.22. The number of nitrogens with one attached hydrogen (secondary N) is 1. The Kier molecular flexibility index (Phi) is 8.98. The molecule has 5 heteroatoms. The molecule has 0 radical (unpaired) electrons. The lowest BCUT2D eigenvalue weighted by Gasteiger charge is -2.27. The van der Waals surface area contributed by atoms with Gasteiger partial charge in [-0.05, 0) is 36.7 Å². The molecule has 1 rings (SSSR count). The van der Waals surface area contributed by atoms with Crippen LogP contribution >= 0.6 is 0 Å². The van der Waals surface area contributed by atoms with Crippen LogP contribution in [-0.4, -0.2) is 47.1 Å². The Morgan fingerprint density at radius 2 is 1.90 bits per heavy atom. The van der Waals surface area contributed by atoms with Gasteiger partial charge in [0.15, 0.2) is 0 Å². The van der Waals surface area contributed by atoms with Crippen molar-refractivity contribution in [3.05, 3.63) is 29.6 Å². The molecule has 0 heterocycles. The van der Waals surface area contributed by atoms with E-state index in [0.717, 1.165) is 37.3 Å². The second-order valence-electron chi connectivity index (χ2n) is 4.88. The topological polar surface area (TPSA) is 33.7 Å². The highest BCUT2D eigenvalue weighted by Gasteiger charge is 2.12. The summed E-state index contributed by atoms with van der Waals surface area (Å²) in [5, 5.41) is 3.26. The monoisotopic (exact) mass is 298 g/mol. The van der Waals surface area contributed by atoms with Crippen molar-refractivity contribution in [2.24, 2.45) is 0 Å². The van der Waals surface area contributed by atoms with Crippen molar-refractivity contribution in [3.8, 4) is 0 Å². The lowest BCUT2D eigenvalue weighted by molar-refractivity contribution is 0.191. The maximum atomic E-state index is 13.5. The number of halogens is 1. The molecule has 0 spiro atoms. The van der Waals surface area contributed by atoms with E-state index < -0.39 is 0 Å². The van der Waals surface area contributed by atoms with Gasteiger partial charge in [-0.3, -0.25) is 0 Å². The van der Waals surface area contributed by atoms with Crippen LogP contribution in [-0.2, 0) is 16.0 Å². The molecular weight excluding hydrogens is 271 g/mol. The van der Waals surface area contributed by atoms with E-state index in [1.807, 2.05) is 13.0 Å². The van der Waals surface area contributed by atoms with Crippen LogP contribution < -0.4 is 10.2 Å². The van der Waals surface area contributed by atoms with E-state index in [2.05, 4.69) is 10.2 Å². The highest BCUT2D eigenvalue weighted by atomic mass is 19.1. The van der Waals surface area contributed by atoms with Crippen LogP contribution in [0, 0.1) is 5.82 Å². The quantitative estimate of drug-likeness (QED) is 0.636. The van der Waals surface area contributed by atoms with E-state index in [9.17, 15) is 4.39 Å². The minimum Gasteiger partial charge on any atom is -0.385 e. The number of anilines is 1. The maximum absolute atomic E-state index is 13.5. The molecule has 0 aliphatic carbocycles. The molecule has 0 atom stereocenters. The fraction of sp³-hybridized carbons (Fsp3) is 0.625. The Labute approximate surface area is 127 Å². The van der Waals surface area contributed by atoms with Crippen LogP contribution in [0.2, 0.25) is 0 Å².